The van der Waals surface area contributed by atoms with Crippen molar-refractivity contribution in [2.24, 2.45) is 5.73 Å². The van der Waals surface area contributed by atoms with E-state index in [1.54, 1.807) is 6.92 Å². The third kappa shape index (κ3) is 1.81. The summed E-state index contributed by atoms with van der Waals surface area (Å²) in [5.41, 5.74) is 6.77. The number of hydrogen-bond acceptors (Lipinski definition) is 4. The lowest BCUT2D eigenvalue weighted by Gasteiger charge is -2.30. The topological polar surface area (TPSA) is 69.4 Å². The Morgan fingerprint density at radius 3 is 2.81 bits per heavy atom. The van der Waals surface area contributed by atoms with Gasteiger partial charge in [0.25, 0.3) is 0 Å². The highest BCUT2D eigenvalue weighted by molar-refractivity contribution is 7.92. The second-order valence-corrected chi connectivity index (χ2v) is 6.37. The lowest BCUT2D eigenvalue weighted by atomic mass is 10.0. The Labute approximate surface area is 95.3 Å². The van der Waals surface area contributed by atoms with Gasteiger partial charge in [-0.3, -0.25) is 0 Å². The van der Waals surface area contributed by atoms with Gasteiger partial charge >= 0.3 is 0 Å². The summed E-state index contributed by atoms with van der Waals surface area (Å²) in [4.78, 5) is 0. The van der Waals surface area contributed by atoms with Crippen LogP contribution in [0.3, 0.4) is 0 Å². The molecule has 1 aromatic carbocycles. The SMILES string of the molecule is CCS(=O)(=O)C1COc2ccccc2C1N. The molecule has 0 spiro atoms. The van der Waals surface area contributed by atoms with Gasteiger partial charge in [-0.2, -0.15) is 0 Å². The normalized spacial score (nSPS) is 24.6. The maximum absolute atomic E-state index is 11.8. The Morgan fingerprint density at radius 2 is 2.12 bits per heavy atom. The van der Waals surface area contributed by atoms with Crippen LogP contribution in [-0.4, -0.2) is 26.0 Å². The highest BCUT2D eigenvalue weighted by atomic mass is 32.2. The van der Waals surface area contributed by atoms with E-state index >= 15 is 0 Å². The molecule has 0 fully saturated rings. The predicted molar refractivity (Wildman–Crippen MR) is 62.1 cm³/mol. The van der Waals surface area contributed by atoms with E-state index in [0.717, 1.165) is 5.56 Å². The zero-order valence-electron chi connectivity index (χ0n) is 9.09. The first-order chi connectivity index (χ1) is 7.56. The van der Waals surface area contributed by atoms with Gasteiger partial charge < -0.3 is 10.5 Å². The number of para-hydroxylation sites is 1. The van der Waals surface area contributed by atoms with E-state index in [9.17, 15) is 8.42 Å². The minimum absolute atomic E-state index is 0.0941. The highest BCUT2D eigenvalue weighted by Crippen LogP contribution is 2.33. The summed E-state index contributed by atoms with van der Waals surface area (Å²) in [6.07, 6.45) is 0. The van der Waals surface area contributed by atoms with Crippen molar-refractivity contribution in [3.63, 3.8) is 0 Å². The molecule has 88 valence electrons. The maximum Gasteiger partial charge on any atom is 0.158 e. The summed E-state index contributed by atoms with van der Waals surface area (Å²) in [6, 6.07) is 6.82. The summed E-state index contributed by atoms with van der Waals surface area (Å²) in [5.74, 6) is 0.786. The molecule has 2 unspecified atom stereocenters. The smallest absolute Gasteiger partial charge is 0.158 e. The molecule has 0 amide bonds. The van der Waals surface area contributed by atoms with Gasteiger partial charge in [0.2, 0.25) is 0 Å². The van der Waals surface area contributed by atoms with Crippen LogP contribution in [0.4, 0.5) is 0 Å². The number of nitrogens with two attached hydrogens (primary N) is 1. The largest absolute Gasteiger partial charge is 0.492 e. The van der Waals surface area contributed by atoms with Crippen molar-refractivity contribution in [2.75, 3.05) is 12.4 Å². The first-order valence-electron chi connectivity index (χ1n) is 5.25. The molecule has 1 aliphatic rings. The van der Waals surface area contributed by atoms with Crippen molar-refractivity contribution in [2.45, 2.75) is 18.2 Å². The Bertz CT molecular complexity index is 484. The van der Waals surface area contributed by atoms with Crippen LogP contribution in [0.1, 0.15) is 18.5 Å². The number of fused-ring (bicyclic) bond motifs is 1. The van der Waals surface area contributed by atoms with Crippen LogP contribution in [0.5, 0.6) is 5.75 Å². The molecule has 5 heteroatoms. The molecule has 2 rings (SSSR count). The minimum Gasteiger partial charge on any atom is -0.492 e. The van der Waals surface area contributed by atoms with Gasteiger partial charge in [0.15, 0.2) is 9.84 Å². The van der Waals surface area contributed by atoms with Gasteiger partial charge in [0.05, 0.1) is 6.04 Å². The number of benzene rings is 1. The average molecular weight is 241 g/mol. The predicted octanol–water partition coefficient (Wildman–Crippen LogP) is 0.882. The molecule has 0 saturated heterocycles. The molecular formula is C11H15NO3S. The van der Waals surface area contributed by atoms with Gasteiger partial charge in [-0.15, -0.1) is 0 Å². The quantitative estimate of drug-likeness (QED) is 0.834. The molecule has 4 nitrogen and oxygen atoms in total. The van der Waals surface area contributed by atoms with E-state index in [0.29, 0.717) is 5.75 Å². The summed E-state index contributed by atoms with van der Waals surface area (Å²) in [6.45, 7) is 1.77. The Hall–Kier alpha value is -1.07. The molecule has 2 N–H and O–H groups in total. The average Bonchev–Trinajstić information content (AvgIpc) is 2.29. The van der Waals surface area contributed by atoms with E-state index < -0.39 is 21.1 Å². The zero-order valence-corrected chi connectivity index (χ0v) is 9.91. The lowest BCUT2D eigenvalue weighted by Crippen LogP contribution is -2.42. The summed E-state index contributed by atoms with van der Waals surface area (Å²) in [5, 5.41) is -0.632. The molecule has 0 bridgehead atoms. The Kier molecular flexibility index (Phi) is 2.90. The molecule has 1 heterocycles. The van der Waals surface area contributed by atoms with Gasteiger partial charge in [-0.25, -0.2) is 8.42 Å². The number of sulfone groups is 1. The van der Waals surface area contributed by atoms with E-state index in [1.165, 1.54) is 0 Å². The molecule has 1 aromatic rings. The maximum atomic E-state index is 11.8. The van der Waals surface area contributed by atoms with Gasteiger partial charge in [0.1, 0.15) is 17.6 Å². The fraction of sp³-hybridized carbons (Fsp3) is 0.455. The van der Waals surface area contributed by atoms with Crippen LogP contribution in [0.25, 0.3) is 0 Å². The molecule has 0 aromatic heterocycles. The van der Waals surface area contributed by atoms with Crippen molar-refractivity contribution in [3.05, 3.63) is 29.8 Å². The van der Waals surface area contributed by atoms with Gasteiger partial charge in [-0.1, -0.05) is 25.1 Å². The van der Waals surface area contributed by atoms with Crippen molar-refractivity contribution < 1.29 is 13.2 Å². The minimum atomic E-state index is -3.16. The number of rotatable bonds is 2. The number of ether oxygens (including phenoxy) is 1. The highest BCUT2D eigenvalue weighted by Gasteiger charge is 2.36. The lowest BCUT2D eigenvalue weighted by molar-refractivity contribution is 0.270. The van der Waals surface area contributed by atoms with Crippen LogP contribution >= 0.6 is 0 Å². The monoisotopic (exact) mass is 241 g/mol. The van der Waals surface area contributed by atoms with E-state index in [4.69, 9.17) is 10.5 Å². The standard InChI is InChI=1S/C11H15NO3S/c1-2-16(13,14)10-7-15-9-6-4-3-5-8(9)11(10)12/h3-6,10-11H,2,7,12H2,1H3. The fourth-order valence-electron chi connectivity index (χ4n) is 1.90. The molecule has 0 saturated carbocycles. The molecule has 0 aliphatic carbocycles. The van der Waals surface area contributed by atoms with Crippen LogP contribution in [0, 0.1) is 0 Å². The van der Waals surface area contributed by atoms with Gasteiger partial charge in [-0.05, 0) is 6.07 Å². The Balaban J connectivity index is 2.39. The van der Waals surface area contributed by atoms with Crippen LogP contribution in [0.2, 0.25) is 0 Å². The third-order valence-corrected chi connectivity index (χ3v) is 5.10. The number of hydrogen-bond donors (Lipinski definition) is 1. The molecule has 0 radical (unpaired) electrons. The Morgan fingerprint density at radius 1 is 1.44 bits per heavy atom. The van der Waals surface area contributed by atoms with Crippen LogP contribution in [-0.2, 0) is 9.84 Å². The molecule has 2 atom stereocenters. The van der Waals surface area contributed by atoms with E-state index in [1.807, 2.05) is 24.3 Å². The van der Waals surface area contributed by atoms with Crippen molar-refractivity contribution in [1.29, 1.82) is 0 Å². The third-order valence-electron chi connectivity index (χ3n) is 2.95. The van der Waals surface area contributed by atoms with Crippen molar-refractivity contribution >= 4 is 9.84 Å². The van der Waals surface area contributed by atoms with E-state index in [2.05, 4.69) is 0 Å². The second-order valence-electron chi connectivity index (χ2n) is 3.86. The van der Waals surface area contributed by atoms with Crippen LogP contribution < -0.4 is 10.5 Å². The van der Waals surface area contributed by atoms with Crippen LogP contribution in [0.15, 0.2) is 24.3 Å². The summed E-state index contributed by atoms with van der Waals surface area (Å²) < 4.78 is 29.1. The van der Waals surface area contributed by atoms with Crippen molar-refractivity contribution in [1.82, 2.24) is 0 Å². The summed E-state index contributed by atoms with van der Waals surface area (Å²) >= 11 is 0. The molecule has 16 heavy (non-hydrogen) atoms. The molecular weight excluding hydrogens is 226 g/mol. The van der Waals surface area contributed by atoms with E-state index in [-0.39, 0.29) is 12.4 Å². The second kappa shape index (κ2) is 4.07. The fourth-order valence-corrected chi connectivity index (χ4v) is 3.20. The van der Waals surface area contributed by atoms with Crippen molar-refractivity contribution in [3.8, 4) is 5.75 Å². The summed E-state index contributed by atoms with van der Waals surface area (Å²) in [7, 11) is -3.16. The zero-order chi connectivity index (χ0) is 11.8. The molecule has 1 aliphatic heterocycles. The first kappa shape index (κ1) is 11.4. The first-order valence-corrected chi connectivity index (χ1v) is 6.96. The van der Waals surface area contributed by atoms with Gasteiger partial charge in [0, 0.05) is 11.3 Å².